The quantitative estimate of drug-likeness (QED) is 0.640. The lowest BCUT2D eigenvalue weighted by molar-refractivity contribution is 0.272. The van der Waals surface area contributed by atoms with E-state index in [2.05, 4.69) is 10.2 Å². The fourth-order valence-electron chi connectivity index (χ4n) is 3.97. The van der Waals surface area contributed by atoms with E-state index < -0.39 is 10.0 Å². The van der Waals surface area contributed by atoms with Crippen LogP contribution in [0.2, 0.25) is 0 Å². The average Bonchev–Trinajstić information content (AvgIpc) is 3.13. The molecule has 1 aliphatic heterocycles. The summed E-state index contributed by atoms with van der Waals surface area (Å²) in [7, 11) is -3.45. The fourth-order valence-corrected chi connectivity index (χ4v) is 5.19. The van der Waals surface area contributed by atoms with Crippen LogP contribution in [0.1, 0.15) is 29.8 Å². The van der Waals surface area contributed by atoms with Gasteiger partial charge in [-0.05, 0) is 49.0 Å². The van der Waals surface area contributed by atoms with Crippen molar-refractivity contribution < 1.29 is 8.42 Å². The summed E-state index contributed by atoms with van der Waals surface area (Å²) in [5.41, 5.74) is 2.42. The monoisotopic (exact) mass is 438 g/mol. The van der Waals surface area contributed by atoms with Gasteiger partial charge in [-0.25, -0.2) is 22.9 Å². The summed E-state index contributed by atoms with van der Waals surface area (Å²) in [5, 5.41) is 8.08. The van der Waals surface area contributed by atoms with Crippen LogP contribution in [0.3, 0.4) is 0 Å². The Hall–Kier alpha value is -2.97. The Bertz CT molecular complexity index is 1220. The average molecular weight is 439 g/mol. The molecule has 1 fully saturated rings. The summed E-state index contributed by atoms with van der Waals surface area (Å²) in [4.78, 5) is 12.4. The fraction of sp³-hybridized carbons (Fsp3) is 0.304. The Balaban J connectivity index is 1.42. The molecule has 31 heavy (non-hydrogen) atoms. The summed E-state index contributed by atoms with van der Waals surface area (Å²) in [6.45, 7) is 2.89. The van der Waals surface area contributed by atoms with Crippen LogP contribution in [0.4, 0.5) is 0 Å². The second-order valence-corrected chi connectivity index (χ2v) is 9.69. The van der Waals surface area contributed by atoms with Crippen molar-refractivity contribution in [2.45, 2.75) is 26.2 Å². The first-order chi connectivity index (χ1) is 14.9. The summed E-state index contributed by atoms with van der Waals surface area (Å²) in [5.74, 6) is 0.951. The highest BCUT2D eigenvalue weighted by Crippen LogP contribution is 2.24. The van der Waals surface area contributed by atoms with E-state index in [0.29, 0.717) is 25.3 Å². The third-order valence-electron chi connectivity index (χ3n) is 5.73. The maximum absolute atomic E-state index is 12.7. The van der Waals surface area contributed by atoms with Crippen molar-refractivity contribution in [2.75, 3.05) is 13.1 Å². The summed E-state index contributed by atoms with van der Waals surface area (Å²) >= 11 is 0. The minimum absolute atomic E-state index is 0.254. The van der Waals surface area contributed by atoms with E-state index in [9.17, 15) is 13.2 Å². The first-order valence-electron chi connectivity index (χ1n) is 10.4. The van der Waals surface area contributed by atoms with Crippen LogP contribution in [-0.4, -0.2) is 40.6 Å². The molecule has 1 saturated heterocycles. The van der Waals surface area contributed by atoms with Crippen molar-refractivity contribution in [3.05, 3.63) is 87.4 Å². The maximum atomic E-state index is 12.7. The number of nitrogens with one attached hydrogen (secondary N) is 1. The largest absolute Gasteiger partial charge is 0.347 e. The highest BCUT2D eigenvalue weighted by atomic mass is 32.2. The zero-order valence-electron chi connectivity index (χ0n) is 17.4. The van der Waals surface area contributed by atoms with Crippen LogP contribution in [-0.2, 0) is 16.4 Å². The molecule has 0 amide bonds. The topological polar surface area (TPSA) is 88.1 Å². The normalized spacial score (nSPS) is 16.2. The van der Waals surface area contributed by atoms with Crippen molar-refractivity contribution in [1.29, 1.82) is 0 Å². The lowest BCUT2D eigenvalue weighted by Crippen LogP contribution is -2.38. The molecule has 0 radical (unpaired) electrons. The van der Waals surface area contributed by atoms with Crippen LogP contribution >= 0.6 is 0 Å². The molecule has 0 bridgehead atoms. The van der Waals surface area contributed by atoms with Crippen molar-refractivity contribution in [3.8, 4) is 5.69 Å². The number of H-pyrrole nitrogens is 1. The Kier molecular flexibility index (Phi) is 6.20. The number of rotatable bonds is 6. The van der Waals surface area contributed by atoms with Crippen LogP contribution in [0, 0.1) is 12.8 Å². The third kappa shape index (κ3) is 4.86. The number of piperidine rings is 1. The number of aromatic nitrogens is 3. The van der Waals surface area contributed by atoms with E-state index in [1.165, 1.54) is 9.71 Å². The Morgan fingerprint density at radius 2 is 1.74 bits per heavy atom. The highest BCUT2D eigenvalue weighted by Gasteiger charge is 2.27. The first kappa shape index (κ1) is 21.3. The maximum Gasteiger partial charge on any atom is 0.347 e. The van der Waals surface area contributed by atoms with Crippen molar-refractivity contribution >= 4 is 16.1 Å². The minimum Gasteiger partial charge on any atom is -0.247 e. The molecule has 8 heteroatoms. The van der Waals surface area contributed by atoms with E-state index in [1.54, 1.807) is 10.6 Å². The number of aromatic amines is 1. The molecule has 0 spiro atoms. The van der Waals surface area contributed by atoms with Gasteiger partial charge in [0, 0.05) is 24.9 Å². The number of hydrogen-bond donors (Lipinski definition) is 1. The van der Waals surface area contributed by atoms with E-state index in [0.717, 1.165) is 29.7 Å². The van der Waals surface area contributed by atoms with E-state index in [-0.39, 0.29) is 11.6 Å². The molecule has 7 nitrogen and oxygen atoms in total. The molecule has 0 saturated carbocycles. The van der Waals surface area contributed by atoms with Gasteiger partial charge in [0.05, 0.1) is 5.69 Å². The van der Waals surface area contributed by atoms with Gasteiger partial charge in [-0.2, -0.15) is 9.40 Å². The van der Waals surface area contributed by atoms with Gasteiger partial charge in [0.25, 0.3) is 0 Å². The zero-order chi connectivity index (χ0) is 21.8. The highest BCUT2D eigenvalue weighted by molar-refractivity contribution is 7.92. The lowest BCUT2D eigenvalue weighted by Gasteiger charge is -2.30. The molecule has 0 atom stereocenters. The second-order valence-electron chi connectivity index (χ2n) is 7.87. The molecule has 1 aromatic heterocycles. The Morgan fingerprint density at radius 3 is 2.45 bits per heavy atom. The van der Waals surface area contributed by atoms with Gasteiger partial charge in [0.1, 0.15) is 5.82 Å². The van der Waals surface area contributed by atoms with Crippen molar-refractivity contribution in [3.63, 3.8) is 0 Å². The van der Waals surface area contributed by atoms with Crippen molar-refractivity contribution in [2.24, 2.45) is 5.92 Å². The zero-order valence-corrected chi connectivity index (χ0v) is 18.3. The second kappa shape index (κ2) is 9.03. The van der Waals surface area contributed by atoms with Crippen LogP contribution in [0.5, 0.6) is 0 Å². The number of para-hydroxylation sites is 1. The van der Waals surface area contributed by atoms with Gasteiger partial charge in [-0.15, -0.1) is 0 Å². The molecule has 0 aliphatic carbocycles. The molecular formula is C23H26N4O3S. The molecule has 4 rings (SSSR count). The van der Waals surface area contributed by atoms with E-state index >= 15 is 0 Å². The molecular weight excluding hydrogens is 412 g/mol. The standard InChI is InChI=1S/C23H26N4O3S/c1-18-7-5-6-10-21(18)27-22(24-25-23(27)28)17-20-11-14-26(15-12-20)31(29,30)16-13-19-8-3-2-4-9-19/h2-10,13,16,20H,11-12,14-15,17H2,1H3,(H,25,28)/b16-13+. The lowest BCUT2D eigenvalue weighted by atomic mass is 9.94. The SMILES string of the molecule is Cc1ccccc1-n1c(CC2CCN(S(=O)(=O)/C=C/c3ccccc3)CC2)n[nH]c1=O. The van der Waals surface area contributed by atoms with E-state index in [4.69, 9.17) is 0 Å². The van der Waals surface area contributed by atoms with Gasteiger partial charge in [0.15, 0.2) is 0 Å². The Labute approximate surface area is 182 Å². The molecule has 162 valence electrons. The summed E-state index contributed by atoms with van der Waals surface area (Å²) in [6.07, 6.45) is 3.72. The molecule has 3 aromatic rings. The number of sulfonamides is 1. The molecule has 2 aromatic carbocycles. The first-order valence-corrected chi connectivity index (χ1v) is 11.9. The van der Waals surface area contributed by atoms with Gasteiger partial charge < -0.3 is 0 Å². The van der Waals surface area contributed by atoms with Gasteiger partial charge in [0.2, 0.25) is 10.0 Å². The number of nitrogens with zero attached hydrogens (tertiary/aromatic N) is 3. The van der Waals surface area contributed by atoms with Gasteiger partial charge in [-0.3, -0.25) is 0 Å². The minimum atomic E-state index is -3.45. The van der Waals surface area contributed by atoms with Crippen LogP contribution in [0.25, 0.3) is 11.8 Å². The van der Waals surface area contributed by atoms with Gasteiger partial charge in [-0.1, -0.05) is 48.5 Å². The van der Waals surface area contributed by atoms with Crippen molar-refractivity contribution in [1.82, 2.24) is 19.1 Å². The predicted octanol–water partition coefficient (Wildman–Crippen LogP) is 3.12. The molecule has 0 unspecified atom stereocenters. The van der Waals surface area contributed by atoms with Crippen LogP contribution < -0.4 is 5.69 Å². The number of aryl methyl sites for hydroxylation is 1. The summed E-state index contributed by atoms with van der Waals surface area (Å²) in [6, 6.07) is 17.1. The Morgan fingerprint density at radius 1 is 1.06 bits per heavy atom. The third-order valence-corrected chi connectivity index (χ3v) is 7.30. The number of hydrogen-bond acceptors (Lipinski definition) is 4. The predicted molar refractivity (Wildman–Crippen MR) is 121 cm³/mol. The molecule has 1 aliphatic rings. The van der Waals surface area contributed by atoms with Crippen LogP contribution in [0.15, 0.2) is 64.8 Å². The number of benzene rings is 2. The van der Waals surface area contributed by atoms with E-state index in [1.807, 2.05) is 61.5 Å². The molecule has 2 heterocycles. The smallest absolute Gasteiger partial charge is 0.247 e. The summed E-state index contributed by atoms with van der Waals surface area (Å²) < 4.78 is 28.5. The van der Waals surface area contributed by atoms with Gasteiger partial charge >= 0.3 is 5.69 Å². The molecule has 1 N–H and O–H groups in total.